The second-order valence-electron chi connectivity index (χ2n) is 8.83. The molecule has 1 saturated heterocycles. The van der Waals surface area contributed by atoms with E-state index in [4.69, 9.17) is 0 Å². The number of nitrogens with zero attached hydrogens (tertiary/aromatic N) is 3. The Kier molecular flexibility index (Phi) is 6.06. The van der Waals surface area contributed by atoms with E-state index >= 15 is 0 Å². The Balaban J connectivity index is 1.50. The highest BCUT2D eigenvalue weighted by molar-refractivity contribution is 5.98. The molecule has 1 aliphatic carbocycles. The van der Waals surface area contributed by atoms with Crippen LogP contribution in [0.3, 0.4) is 0 Å². The standard InChI is InChI=1S/C26H30N4O2/c31-23-13-7-12-22(23)30-18-28-24(25(30)20-10-5-2-6-11-20)26(32)29-15-14-27-17-21(29)16-19-8-3-1-4-9-19/h1-6,8-11,18,21-23,27,31H,7,12-17H2/t21-,22+,23+/m1/s1. The zero-order valence-corrected chi connectivity index (χ0v) is 18.2. The summed E-state index contributed by atoms with van der Waals surface area (Å²) in [6, 6.07) is 20.3. The summed E-state index contributed by atoms with van der Waals surface area (Å²) in [6.45, 7) is 2.20. The highest BCUT2D eigenvalue weighted by atomic mass is 16.3. The van der Waals surface area contributed by atoms with Crippen molar-refractivity contribution in [3.8, 4) is 11.3 Å². The SMILES string of the molecule is O=C(c1ncn([C@H]2CCC[C@@H]2O)c1-c1ccccc1)N1CCNC[C@H]1Cc1ccccc1. The quantitative estimate of drug-likeness (QED) is 0.652. The number of carbonyl (C=O) groups excluding carboxylic acids is 1. The van der Waals surface area contributed by atoms with Crippen molar-refractivity contribution in [1.82, 2.24) is 19.8 Å². The van der Waals surface area contributed by atoms with E-state index in [1.54, 1.807) is 6.33 Å². The first-order chi connectivity index (χ1) is 15.7. The minimum Gasteiger partial charge on any atom is -0.391 e. The first-order valence-electron chi connectivity index (χ1n) is 11.6. The number of piperazine rings is 1. The number of carbonyl (C=O) groups is 1. The third kappa shape index (κ3) is 4.08. The van der Waals surface area contributed by atoms with Crippen molar-refractivity contribution < 1.29 is 9.90 Å². The molecule has 1 aromatic heterocycles. The first kappa shape index (κ1) is 20.9. The van der Waals surface area contributed by atoms with Crippen molar-refractivity contribution in [2.24, 2.45) is 0 Å². The lowest BCUT2D eigenvalue weighted by atomic mass is 10.0. The molecule has 1 aliphatic heterocycles. The normalized spacial score (nSPS) is 23.4. The van der Waals surface area contributed by atoms with Crippen molar-refractivity contribution in [3.63, 3.8) is 0 Å². The van der Waals surface area contributed by atoms with Crippen LogP contribution in [0.25, 0.3) is 11.3 Å². The Morgan fingerprint density at radius 3 is 2.53 bits per heavy atom. The Labute approximate surface area is 188 Å². The summed E-state index contributed by atoms with van der Waals surface area (Å²) in [7, 11) is 0. The number of imidazole rings is 1. The lowest BCUT2D eigenvalue weighted by molar-refractivity contribution is 0.0631. The van der Waals surface area contributed by atoms with Crippen molar-refractivity contribution in [1.29, 1.82) is 0 Å². The third-order valence-electron chi connectivity index (χ3n) is 6.77. The molecule has 5 rings (SSSR count). The summed E-state index contributed by atoms with van der Waals surface area (Å²) < 4.78 is 2.04. The Morgan fingerprint density at radius 1 is 1.06 bits per heavy atom. The molecular formula is C26H30N4O2. The topological polar surface area (TPSA) is 70.4 Å². The van der Waals surface area contributed by atoms with Gasteiger partial charge < -0.3 is 19.9 Å². The van der Waals surface area contributed by atoms with Crippen molar-refractivity contribution in [2.45, 2.75) is 43.9 Å². The summed E-state index contributed by atoms with van der Waals surface area (Å²) in [5.41, 5.74) is 3.48. The van der Waals surface area contributed by atoms with Crippen molar-refractivity contribution in [2.75, 3.05) is 19.6 Å². The molecule has 0 spiro atoms. The predicted molar refractivity (Wildman–Crippen MR) is 124 cm³/mol. The molecule has 3 aromatic rings. The highest BCUT2D eigenvalue weighted by Crippen LogP contribution is 2.36. The van der Waals surface area contributed by atoms with Gasteiger partial charge in [-0.1, -0.05) is 60.7 Å². The number of aliphatic hydroxyl groups excluding tert-OH is 1. The average Bonchev–Trinajstić information content (AvgIpc) is 3.46. The molecule has 1 amide bonds. The Bertz CT molecular complexity index is 1050. The smallest absolute Gasteiger partial charge is 0.275 e. The molecule has 2 aromatic carbocycles. The fraction of sp³-hybridized carbons (Fsp3) is 0.385. The van der Waals surface area contributed by atoms with Crippen LogP contribution in [0.15, 0.2) is 67.0 Å². The van der Waals surface area contributed by atoms with E-state index in [0.29, 0.717) is 12.2 Å². The van der Waals surface area contributed by atoms with Crippen LogP contribution in [0.4, 0.5) is 0 Å². The summed E-state index contributed by atoms with van der Waals surface area (Å²) in [6.07, 6.45) is 4.83. The minimum absolute atomic E-state index is 0.0301. The van der Waals surface area contributed by atoms with Crippen LogP contribution in [0, 0.1) is 0 Å². The fourth-order valence-corrected chi connectivity index (χ4v) is 5.13. The van der Waals surface area contributed by atoms with E-state index in [-0.39, 0.29) is 18.0 Å². The zero-order valence-electron chi connectivity index (χ0n) is 18.2. The maximum absolute atomic E-state index is 13.9. The van der Waals surface area contributed by atoms with Gasteiger partial charge in [0.15, 0.2) is 5.69 Å². The number of aromatic nitrogens is 2. The molecule has 6 heteroatoms. The molecule has 32 heavy (non-hydrogen) atoms. The number of rotatable bonds is 5. The molecule has 0 bridgehead atoms. The van der Waals surface area contributed by atoms with Crippen LogP contribution in [-0.2, 0) is 6.42 Å². The van der Waals surface area contributed by atoms with E-state index in [1.165, 1.54) is 5.56 Å². The highest BCUT2D eigenvalue weighted by Gasteiger charge is 2.34. The van der Waals surface area contributed by atoms with Gasteiger partial charge in [-0.2, -0.15) is 0 Å². The molecule has 2 aliphatic rings. The fourth-order valence-electron chi connectivity index (χ4n) is 5.13. The van der Waals surface area contributed by atoms with Gasteiger partial charge in [-0.3, -0.25) is 4.79 Å². The largest absolute Gasteiger partial charge is 0.391 e. The molecule has 0 unspecified atom stereocenters. The van der Waals surface area contributed by atoms with Gasteiger partial charge in [-0.05, 0) is 31.2 Å². The number of benzene rings is 2. The van der Waals surface area contributed by atoms with Gasteiger partial charge in [0.25, 0.3) is 5.91 Å². The molecule has 2 heterocycles. The monoisotopic (exact) mass is 430 g/mol. The number of aliphatic hydroxyl groups is 1. The van der Waals surface area contributed by atoms with E-state index < -0.39 is 6.10 Å². The van der Waals surface area contributed by atoms with Crippen LogP contribution in [0.5, 0.6) is 0 Å². The van der Waals surface area contributed by atoms with Gasteiger partial charge in [0.05, 0.1) is 24.2 Å². The van der Waals surface area contributed by atoms with Crippen LogP contribution in [0.1, 0.15) is 41.4 Å². The van der Waals surface area contributed by atoms with Crippen LogP contribution < -0.4 is 5.32 Å². The molecular weight excluding hydrogens is 400 g/mol. The van der Waals surface area contributed by atoms with Crippen LogP contribution >= 0.6 is 0 Å². The summed E-state index contributed by atoms with van der Waals surface area (Å²) in [5.74, 6) is -0.0301. The van der Waals surface area contributed by atoms with Gasteiger partial charge >= 0.3 is 0 Å². The summed E-state index contributed by atoms with van der Waals surface area (Å²) in [4.78, 5) is 20.5. The maximum atomic E-state index is 13.9. The summed E-state index contributed by atoms with van der Waals surface area (Å²) in [5, 5.41) is 14.0. The molecule has 3 atom stereocenters. The maximum Gasteiger partial charge on any atom is 0.275 e. The van der Waals surface area contributed by atoms with Gasteiger partial charge in [0, 0.05) is 31.2 Å². The molecule has 1 saturated carbocycles. The van der Waals surface area contributed by atoms with E-state index in [9.17, 15) is 9.90 Å². The van der Waals surface area contributed by atoms with Gasteiger partial charge in [0.2, 0.25) is 0 Å². The lowest BCUT2D eigenvalue weighted by Gasteiger charge is -2.36. The number of nitrogens with one attached hydrogen (secondary N) is 1. The third-order valence-corrected chi connectivity index (χ3v) is 6.77. The molecule has 166 valence electrons. The average molecular weight is 431 g/mol. The first-order valence-corrected chi connectivity index (χ1v) is 11.6. The van der Waals surface area contributed by atoms with E-state index in [2.05, 4.69) is 22.4 Å². The second kappa shape index (κ2) is 9.27. The van der Waals surface area contributed by atoms with E-state index in [0.717, 1.165) is 50.0 Å². The lowest BCUT2D eigenvalue weighted by Crippen LogP contribution is -2.54. The van der Waals surface area contributed by atoms with Gasteiger partial charge in [-0.15, -0.1) is 0 Å². The zero-order chi connectivity index (χ0) is 21.9. The van der Waals surface area contributed by atoms with E-state index in [1.807, 2.05) is 58.0 Å². The minimum atomic E-state index is -0.403. The molecule has 0 radical (unpaired) electrons. The van der Waals surface area contributed by atoms with Crippen molar-refractivity contribution >= 4 is 5.91 Å². The second-order valence-corrected chi connectivity index (χ2v) is 8.83. The number of hydrogen-bond acceptors (Lipinski definition) is 4. The molecule has 2 N–H and O–H groups in total. The van der Waals surface area contributed by atoms with Crippen LogP contribution in [-0.4, -0.2) is 57.2 Å². The molecule has 6 nitrogen and oxygen atoms in total. The predicted octanol–water partition coefficient (Wildman–Crippen LogP) is 3.29. The van der Waals surface area contributed by atoms with Gasteiger partial charge in [0.1, 0.15) is 0 Å². The van der Waals surface area contributed by atoms with Crippen molar-refractivity contribution in [3.05, 3.63) is 78.2 Å². The Hall–Kier alpha value is -2.96. The van der Waals surface area contributed by atoms with Gasteiger partial charge in [-0.25, -0.2) is 4.98 Å². The summed E-state index contributed by atoms with van der Waals surface area (Å²) >= 11 is 0. The Morgan fingerprint density at radius 2 is 1.81 bits per heavy atom. The molecule has 2 fully saturated rings. The van der Waals surface area contributed by atoms with Crippen LogP contribution in [0.2, 0.25) is 0 Å². The number of hydrogen-bond donors (Lipinski definition) is 2. The number of amides is 1.